The lowest BCUT2D eigenvalue weighted by Crippen LogP contribution is -2.46. The average Bonchev–Trinajstić information content (AvgIpc) is 2.60. The van der Waals surface area contributed by atoms with Gasteiger partial charge in [0.2, 0.25) is 5.91 Å². The summed E-state index contributed by atoms with van der Waals surface area (Å²) in [6, 6.07) is 5.90. The summed E-state index contributed by atoms with van der Waals surface area (Å²) in [4.78, 5) is 42.5. The van der Waals surface area contributed by atoms with Gasteiger partial charge in [-0.1, -0.05) is 23.9 Å². The summed E-state index contributed by atoms with van der Waals surface area (Å²) in [6.45, 7) is 0. The molecule has 0 bridgehead atoms. The predicted molar refractivity (Wildman–Crippen MR) is 93.4 cm³/mol. The van der Waals surface area contributed by atoms with Gasteiger partial charge in [0.15, 0.2) is 11.0 Å². The van der Waals surface area contributed by atoms with Crippen LogP contribution in [0.3, 0.4) is 0 Å². The van der Waals surface area contributed by atoms with Crippen LogP contribution in [0.5, 0.6) is 0 Å². The van der Waals surface area contributed by atoms with E-state index in [-0.39, 0.29) is 17.3 Å². The highest BCUT2D eigenvalue weighted by Gasteiger charge is 2.42. The number of fused-ring (bicyclic) bond motifs is 1. The molecule has 3 aliphatic rings. The molecule has 2 aliphatic heterocycles. The van der Waals surface area contributed by atoms with Crippen LogP contribution < -0.4 is 0 Å². The molecule has 6 nitrogen and oxygen atoms in total. The standard InChI is InChI=1S/C18H16N2O4S/c21-13-3-1-2-12-15(13)16(10-4-6-11(7-5-10)17(23)24)20-14(22)8-9-25-18(20)19-12/h4-7,16H,1-3,8-9H2,(H,23,24). The first kappa shape index (κ1) is 16.1. The van der Waals surface area contributed by atoms with E-state index in [0.717, 1.165) is 24.1 Å². The number of amidine groups is 1. The number of thioether (sulfide) groups is 1. The second-order valence-corrected chi connectivity index (χ2v) is 7.29. The van der Waals surface area contributed by atoms with Crippen molar-refractivity contribution in [2.75, 3.05) is 5.75 Å². The number of ketones is 1. The van der Waals surface area contributed by atoms with E-state index < -0.39 is 12.0 Å². The fourth-order valence-corrected chi connectivity index (χ4v) is 4.49. The van der Waals surface area contributed by atoms with Crippen LogP contribution >= 0.6 is 11.8 Å². The fraction of sp³-hybridized carbons (Fsp3) is 0.333. The molecule has 1 saturated heterocycles. The minimum absolute atomic E-state index is 0.0275. The van der Waals surface area contributed by atoms with Gasteiger partial charge in [-0.05, 0) is 30.5 Å². The lowest BCUT2D eigenvalue weighted by atomic mass is 9.84. The van der Waals surface area contributed by atoms with Crippen LogP contribution in [0.2, 0.25) is 0 Å². The van der Waals surface area contributed by atoms with Crippen molar-refractivity contribution in [1.82, 2.24) is 4.90 Å². The number of carbonyl (C=O) groups excluding carboxylic acids is 2. The van der Waals surface area contributed by atoms with Crippen molar-refractivity contribution in [3.8, 4) is 0 Å². The van der Waals surface area contributed by atoms with Crippen LogP contribution in [-0.2, 0) is 9.59 Å². The largest absolute Gasteiger partial charge is 0.478 e. The maximum absolute atomic E-state index is 12.6. The van der Waals surface area contributed by atoms with Gasteiger partial charge in [-0.2, -0.15) is 0 Å². The Morgan fingerprint density at radius 1 is 1.16 bits per heavy atom. The Balaban J connectivity index is 1.85. The molecule has 1 atom stereocenters. The van der Waals surface area contributed by atoms with Gasteiger partial charge in [-0.15, -0.1) is 0 Å². The van der Waals surface area contributed by atoms with Gasteiger partial charge in [0, 0.05) is 24.2 Å². The zero-order chi connectivity index (χ0) is 17.6. The molecule has 0 saturated carbocycles. The van der Waals surface area contributed by atoms with Gasteiger partial charge in [0.05, 0.1) is 17.3 Å². The minimum atomic E-state index is -1.00. The molecule has 0 radical (unpaired) electrons. The van der Waals surface area contributed by atoms with Crippen LogP contribution in [0.4, 0.5) is 0 Å². The van der Waals surface area contributed by atoms with Crippen LogP contribution in [0.25, 0.3) is 0 Å². The predicted octanol–water partition coefficient (Wildman–Crippen LogP) is 2.77. The smallest absolute Gasteiger partial charge is 0.335 e. The number of rotatable bonds is 2. The van der Waals surface area contributed by atoms with Crippen molar-refractivity contribution in [2.24, 2.45) is 4.99 Å². The number of nitrogens with zero attached hydrogens (tertiary/aromatic N) is 2. The molecule has 2 heterocycles. The number of amides is 1. The maximum atomic E-state index is 12.6. The van der Waals surface area contributed by atoms with E-state index in [1.165, 1.54) is 23.9 Å². The number of carboxylic acids is 1. The number of aliphatic imine (C=N–C) groups is 1. The number of aromatic carboxylic acids is 1. The number of hydrogen-bond donors (Lipinski definition) is 1. The highest BCUT2D eigenvalue weighted by molar-refractivity contribution is 8.14. The highest BCUT2D eigenvalue weighted by atomic mass is 32.2. The number of hydrogen-bond acceptors (Lipinski definition) is 5. The molecule has 4 rings (SSSR count). The van der Waals surface area contributed by atoms with Crippen molar-refractivity contribution >= 4 is 34.6 Å². The second-order valence-electron chi connectivity index (χ2n) is 6.22. The molecule has 7 heteroatoms. The quantitative estimate of drug-likeness (QED) is 0.880. The number of Topliss-reactive ketones (excluding diaryl/α,β-unsaturated/α-hetero) is 1. The Hall–Kier alpha value is -2.41. The summed E-state index contributed by atoms with van der Waals surface area (Å²) >= 11 is 1.53. The minimum Gasteiger partial charge on any atom is -0.478 e. The Morgan fingerprint density at radius 3 is 2.64 bits per heavy atom. The summed E-state index contributed by atoms with van der Waals surface area (Å²) < 4.78 is 0. The third-order valence-electron chi connectivity index (χ3n) is 4.69. The van der Waals surface area contributed by atoms with Gasteiger partial charge in [0.1, 0.15) is 0 Å². The first-order chi connectivity index (χ1) is 12.1. The molecule has 1 amide bonds. The molecule has 128 valence electrons. The first-order valence-electron chi connectivity index (χ1n) is 8.19. The number of benzene rings is 1. The van der Waals surface area contributed by atoms with E-state index in [4.69, 9.17) is 5.11 Å². The summed E-state index contributed by atoms with van der Waals surface area (Å²) in [5.74, 6) is -0.333. The van der Waals surface area contributed by atoms with Crippen LogP contribution in [-0.4, -0.2) is 38.6 Å². The lowest BCUT2D eigenvalue weighted by molar-refractivity contribution is -0.128. The molecule has 1 aromatic carbocycles. The lowest BCUT2D eigenvalue weighted by Gasteiger charge is -2.40. The normalized spacial score (nSPS) is 23.1. The Morgan fingerprint density at radius 2 is 1.92 bits per heavy atom. The summed E-state index contributed by atoms with van der Waals surface area (Å²) in [7, 11) is 0. The number of carbonyl (C=O) groups is 3. The van der Waals surface area contributed by atoms with Crippen LogP contribution in [0.1, 0.15) is 47.6 Å². The summed E-state index contributed by atoms with van der Waals surface area (Å²) in [5, 5.41) is 9.74. The fourth-order valence-electron chi connectivity index (χ4n) is 3.51. The van der Waals surface area contributed by atoms with Gasteiger partial charge < -0.3 is 5.11 Å². The molecule has 1 aliphatic carbocycles. The third-order valence-corrected chi connectivity index (χ3v) is 5.64. The van der Waals surface area contributed by atoms with Crippen molar-refractivity contribution < 1.29 is 19.5 Å². The number of allylic oxidation sites excluding steroid dienone is 1. The molecule has 25 heavy (non-hydrogen) atoms. The van der Waals surface area contributed by atoms with E-state index in [2.05, 4.69) is 4.99 Å². The Labute approximate surface area is 148 Å². The van der Waals surface area contributed by atoms with Crippen molar-refractivity contribution in [3.63, 3.8) is 0 Å². The van der Waals surface area contributed by atoms with E-state index >= 15 is 0 Å². The molecule has 1 N–H and O–H groups in total. The third kappa shape index (κ3) is 2.68. The molecule has 1 aromatic rings. The van der Waals surface area contributed by atoms with Crippen molar-refractivity contribution in [1.29, 1.82) is 0 Å². The molecular weight excluding hydrogens is 340 g/mol. The zero-order valence-electron chi connectivity index (χ0n) is 13.4. The first-order valence-corrected chi connectivity index (χ1v) is 9.18. The van der Waals surface area contributed by atoms with Crippen molar-refractivity contribution in [2.45, 2.75) is 31.7 Å². The van der Waals surface area contributed by atoms with E-state index in [9.17, 15) is 14.4 Å². The van der Waals surface area contributed by atoms with Gasteiger partial charge in [-0.25, -0.2) is 9.79 Å². The van der Waals surface area contributed by atoms with Crippen LogP contribution in [0, 0.1) is 0 Å². The van der Waals surface area contributed by atoms with Gasteiger partial charge in [0.25, 0.3) is 0 Å². The average molecular weight is 356 g/mol. The molecule has 0 spiro atoms. The molecule has 1 unspecified atom stereocenters. The van der Waals surface area contributed by atoms with Gasteiger partial charge in [-0.3, -0.25) is 14.5 Å². The van der Waals surface area contributed by atoms with E-state index in [0.29, 0.717) is 29.3 Å². The topological polar surface area (TPSA) is 87.0 Å². The Kier molecular flexibility index (Phi) is 3.95. The molecule has 0 aromatic heterocycles. The van der Waals surface area contributed by atoms with Crippen LogP contribution in [0.15, 0.2) is 40.5 Å². The molecule has 1 fully saturated rings. The summed E-state index contributed by atoms with van der Waals surface area (Å²) in [5.41, 5.74) is 2.29. The van der Waals surface area contributed by atoms with Crippen molar-refractivity contribution in [3.05, 3.63) is 46.7 Å². The molecular formula is C18H16N2O4S. The highest BCUT2D eigenvalue weighted by Crippen LogP contribution is 2.43. The van der Waals surface area contributed by atoms with E-state index in [1.807, 2.05) is 0 Å². The van der Waals surface area contributed by atoms with E-state index in [1.54, 1.807) is 17.0 Å². The maximum Gasteiger partial charge on any atom is 0.335 e. The summed E-state index contributed by atoms with van der Waals surface area (Å²) in [6.07, 6.45) is 2.38. The SMILES string of the molecule is O=C1CCCC2=C1C(c1ccc(C(=O)O)cc1)N1C(=O)CCSC1=N2. The Bertz CT molecular complexity index is 841. The zero-order valence-corrected chi connectivity index (χ0v) is 14.2. The second kappa shape index (κ2) is 6.15. The number of carboxylic acid groups (broad SMARTS) is 1. The monoisotopic (exact) mass is 356 g/mol. The van der Waals surface area contributed by atoms with Gasteiger partial charge >= 0.3 is 5.97 Å².